The molecular weight excluding hydrogens is 416 g/mol. The standard InChI is InChI=1S/C19H28N4O4S.ClH/c1-20(2)28(26,27)16-4-5-17-15(14-16)8-9-23(17)19(25)7-6-18(24)22-12-10-21(3)11-13-22;/h4-5,14H,6-13H2,1-3H3;1H/p-1. The molecule has 0 unspecified atom stereocenters. The summed E-state index contributed by atoms with van der Waals surface area (Å²) in [5, 5.41) is 0. The van der Waals surface area contributed by atoms with Crippen LogP contribution in [0.15, 0.2) is 23.1 Å². The number of hydrogen-bond donors (Lipinski definition) is 0. The van der Waals surface area contributed by atoms with Crippen LogP contribution in [0, 0.1) is 0 Å². The normalized spacial score (nSPS) is 17.2. The molecule has 3 rings (SSSR count). The molecule has 0 radical (unpaired) electrons. The minimum atomic E-state index is -3.50. The van der Waals surface area contributed by atoms with Gasteiger partial charge < -0.3 is 27.1 Å². The molecule has 1 saturated heterocycles. The lowest BCUT2D eigenvalue weighted by Gasteiger charge is -2.32. The number of piperazine rings is 1. The van der Waals surface area contributed by atoms with Crippen molar-refractivity contribution >= 4 is 27.5 Å². The summed E-state index contributed by atoms with van der Waals surface area (Å²) in [7, 11) is 1.53. The summed E-state index contributed by atoms with van der Waals surface area (Å²) in [6, 6.07) is 4.88. The zero-order valence-corrected chi connectivity index (χ0v) is 18.7. The second kappa shape index (κ2) is 9.42. The third-order valence-electron chi connectivity index (χ3n) is 5.43. The number of carbonyl (C=O) groups excluding carboxylic acids is 2. The lowest BCUT2D eigenvalue weighted by Crippen LogP contribution is -3.00. The van der Waals surface area contributed by atoms with Gasteiger partial charge in [0, 0.05) is 65.3 Å². The average Bonchev–Trinajstić information content (AvgIpc) is 3.09. The summed E-state index contributed by atoms with van der Waals surface area (Å²) in [6.45, 7) is 3.65. The van der Waals surface area contributed by atoms with E-state index in [2.05, 4.69) is 4.90 Å². The van der Waals surface area contributed by atoms with Crippen molar-refractivity contribution in [3.8, 4) is 0 Å². The molecule has 2 heterocycles. The SMILES string of the molecule is CN1CCN(C(=O)CCC(=O)N2CCc3cc(S(=O)(=O)N(C)C)ccc32)CC1.[Cl-]. The van der Waals surface area contributed by atoms with Crippen LogP contribution in [-0.2, 0) is 26.0 Å². The number of carbonyl (C=O) groups is 2. The Labute approximate surface area is 178 Å². The largest absolute Gasteiger partial charge is 1.00 e. The number of fused-ring (bicyclic) bond motifs is 1. The first-order valence-corrected chi connectivity index (χ1v) is 11.0. The molecule has 1 fully saturated rings. The Morgan fingerprint density at radius 3 is 2.24 bits per heavy atom. The molecule has 0 atom stereocenters. The van der Waals surface area contributed by atoms with Crippen molar-refractivity contribution in [3.63, 3.8) is 0 Å². The zero-order valence-electron chi connectivity index (χ0n) is 17.1. The molecule has 162 valence electrons. The first kappa shape index (κ1) is 23.6. The van der Waals surface area contributed by atoms with Crippen molar-refractivity contribution in [3.05, 3.63) is 23.8 Å². The van der Waals surface area contributed by atoms with Crippen LogP contribution in [0.2, 0.25) is 0 Å². The van der Waals surface area contributed by atoms with Crippen molar-refractivity contribution in [1.82, 2.24) is 14.1 Å². The molecular formula is C19H28ClN4O4S-. The Hall–Kier alpha value is -1.68. The maximum absolute atomic E-state index is 12.7. The van der Waals surface area contributed by atoms with E-state index in [4.69, 9.17) is 0 Å². The lowest BCUT2D eigenvalue weighted by atomic mass is 10.1. The summed E-state index contributed by atoms with van der Waals surface area (Å²) in [4.78, 5) is 30.9. The number of halogens is 1. The van der Waals surface area contributed by atoms with E-state index in [9.17, 15) is 18.0 Å². The van der Waals surface area contributed by atoms with E-state index in [0.29, 0.717) is 26.1 Å². The summed E-state index contributed by atoms with van der Waals surface area (Å²) in [5.74, 6) is -0.0715. The third kappa shape index (κ3) is 5.09. The Morgan fingerprint density at radius 2 is 1.62 bits per heavy atom. The van der Waals surface area contributed by atoms with Crippen molar-refractivity contribution in [2.24, 2.45) is 0 Å². The Bertz CT molecular complexity index is 867. The van der Waals surface area contributed by atoms with Crippen LogP contribution in [0.1, 0.15) is 18.4 Å². The van der Waals surface area contributed by atoms with Gasteiger partial charge in [-0.05, 0) is 37.2 Å². The highest BCUT2D eigenvalue weighted by Crippen LogP contribution is 2.31. The lowest BCUT2D eigenvalue weighted by molar-refractivity contribution is -0.134. The highest BCUT2D eigenvalue weighted by molar-refractivity contribution is 7.89. The maximum atomic E-state index is 12.7. The molecule has 8 nitrogen and oxygen atoms in total. The molecule has 2 amide bonds. The second-order valence-corrected chi connectivity index (χ2v) is 9.71. The van der Waals surface area contributed by atoms with Crippen molar-refractivity contribution in [1.29, 1.82) is 0 Å². The summed E-state index contributed by atoms with van der Waals surface area (Å²) < 4.78 is 25.8. The quantitative estimate of drug-likeness (QED) is 0.498. The second-order valence-electron chi connectivity index (χ2n) is 7.56. The monoisotopic (exact) mass is 443 g/mol. The van der Waals surface area contributed by atoms with Gasteiger partial charge in [0.2, 0.25) is 21.8 Å². The van der Waals surface area contributed by atoms with Gasteiger partial charge in [-0.2, -0.15) is 0 Å². The molecule has 1 aromatic carbocycles. The van der Waals surface area contributed by atoms with Gasteiger partial charge in [-0.3, -0.25) is 9.59 Å². The molecule has 29 heavy (non-hydrogen) atoms. The van der Waals surface area contributed by atoms with Crippen LogP contribution in [0.25, 0.3) is 0 Å². The van der Waals surface area contributed by atoms with Crippen molar-refractivity contribution < 1.29 is 30.4 Å². The van der Waals surface area contributed by atoms with Crippen LogP contribution in [0.3, 0.4) is 0 Å². The molecule has 1 aromatic rings. The summed E-state index contributed by atoms with van der Waals surface area (Å²) in [5.41, 5.74) is 1.59. The molecule has 0 saturated carbocycles. The van der Waals surface area contributed by atoms with E-state index in [1.165, 1.54) is 24.5 Å². The predicted octanol–water partition coefficient (Wildman–Crippen LogP) is -2.62. The first-order chi connectivity index (χ1) is 13.2. The zero-order chi connectivity index (χ0) is 20.5. The maximum Gasteiger partial charge on any atom is 0.242 e. The fraction of sp³-hybridized carbons (Fsp3) is 0.579. The van der Waals surface area contributed by atoms with E-state index in [-0.39, 0.29) is 42.0 Å². The Morgan fingerprint density at radius 1 is 1.00 bits per heavy atom. The molecule has 0 aromatic heterocycles. The Kier molecular flexibility index (Phi) is 7.67. The first-order valence-electron chi connectivity index (χ1n) is 9.52. The summed E-state index contributed by atoms with van der Waals surface area (Å²) >= 11 is 0. The molecule has 0 spiro atoms. The van der Waals surface area contributed by atoms with E-state index in [1.807, 2.05) is 11.9 Å². The van der Waals surface area contributed by atoms with Crippen LogP contribution < -0.4 is 17.3 Å². The number of likely N-dealkylation sites (N-methyl/N-ethyl adjacent to an activating group) is 1. The minimum Gasteiger partial charge on any atom is -1.00 e. The number of amides is 2. The molecule has 0 bridgehead atoms. The van der Waals surface area contributed by atoms with Crippen molar-refractivity contribution in [2.75, 3.05) is 58.8 Å². The number of rotatable bonds is 5. The van der Waals surface area contributed by atoms with E-state index in [0.717, 1.165) is 24.3 Å². The van der Waals surface area contributed by atoms with Gasteiger partial charge in [-0.1, -0.05) is 0 Å². The average molecular weight is 444 g/mol. The summed E-state index contributed by atoms with van der Waals surface area (Å²) in [6.07, 6.45) is 0.994. The molecule has 2 aliphatic rings. The molecule has 10 heteroatoms. The van der Waals surface area contributed by atoms with Gasteiger partial charge in [0.1, 0.15) is 0 Å². The predicted molar refractivity (Wildman–Crippen MR) is 107 cm³/mol. The molecule has 2 aliphatic heterocycles. The highest BCUT2D eigenvalue weighted by atomic mass is 35.5. The van der Waals surface area contributed by atoms with Crippen LogP contribution in [0.5, 0.6) is 0 Å². The highest BCUT2D eigenvalue weighted by Gasteiger charge is 2.28. The van der Waals surface area contributed by atoms with E-state index < -0.39 is 10.0 Å². The fourth-order valence-electron chi connectivity index (χ4n) is 3.57. The number of hydrogen-bond acceptors (Lipinski definition) is 5. The van der Waals surface area contributed by atoms with Gasteiger partial charge >= 0.3 is 0 Å². The number of anilines is 1. The Balaban J connectivity index is 0.00000300. The molecule has 0 N–H and O–H groups in total. The molecule has 0 aliphatic carbocycles. The smallest absolute Gasteiger partial charge is 0.242 e. The number of benzene rings is 1. The topological polar surface area (TPSA) is 81.2 Å². The van der Waals surface area contributed by atoms with E-state index in [1.54, 1.807) is 17.0 Å². The fourth-order valence-corrected chi connectivity index (χ4v) is 4.52. The van der Waals surface area contributed by atoms with E-state index >= 15 is 0 Å². The van der Waals surface area contributed by atoms with Crippen LogP contribution >= 0.6 is 0 Å². The van der Waals surface area contributed by atoms with Gasteiger partial charge in [0.05, 0.1) is 4.90 Å². The van der Waals surface area contributed by atoms with Gasteiger partial charge in [0.15, 0.2) is 0 Å². The van der Waals surface area contributed by atoms with Crippen LogP contribution in [0.4, 0.5) is 5.69 Å². The van der Waals surface area contributed by atoms with Crippen LogP contribution in [-0.4, -0.2) is 88.2 Å². The number of sulfonamides is 1. The van der Waals surface area contributed by atoms with Crippen molar-refractivity contribution in [2.45, 2.75) is 24.2 Å². The van der Waals surface area contributed by atoms with Gasteiger partial charge in [0.25, 0.3) is 0 Å². The minimum absolute atomic E-state index is 0. The van der Waals surface area contributed by atoms with Gasteiger partial charge in [-0.25, -0.2) is 12.7 Å². The third-order valence-corrected chi connectivity index (χ3v) is 7.25. The number of nitrogens with zero attached hydrogens (tertiary/aromatic N) is 4. The van der Waals surface area contributed by atoms with Gasteiger partial charge in [-0.15, -0.1) is 0 Å².